The SMILES string of the molecule is CC(=N)C(C#N)C(=O)COC(=O)C[C@@H](NC(C)=O)c1ccccc1. The number of Topliss-reactive ketones (excluding diaryl/α,β-unsaturated/α-hetero) is 1. The van der Waals surface area contributed by atoms with Crippen molar-refractivity contribution in [3.8, 4) is 6.07 Å². The quantitative estimate of drug-likeness (QED) is 0.554. The Morgan fingerprint density at radius 1 is 1.25 bits per heavy atom. The summed E-state index contributed by atoms with van der Waals surface area (Å²) in [6, 6.07) is 10.0. The van der Waals surface area contributed by atoms with E-state index >= 15 is 0 Å². The molecular formula is C17H19N3O4. The highest BCUT2D eigenvalue weighted by molar-refractivity contribution is 6.06. The van der Waals surface area contributed by atoms with Crippen molar-refractivity contribution in [2.24, 2.45) is 5.92 Å². The number of benzene rings is 1. The van der Waals surface area contributed by atoms with E-state index in [0.717, 1.165) is 5.56 Å². The van der Waals surface area contributed by atoms with Crippen LogP contribution >= 0.6 is 0 Å². The van der Waals surface area contributed by atoms with E-state index in [1.165, 1.54) is 13.8 Å². The minimum Gasteiger partial charge on any atom is -0.458 e. The molecule has 0 bridgehead atoms. The van der Waals surface area contributed by atoms with Crippen molar-refractivity contribution in [3.63, 3.8) is 0 Å². The molecule has 126 valence electrons. The van der Waals surface area contributed by atoms with Gasteiger partial charge >= 0.3 is 5.97 Å². The van der Waals surface area contributed by atoms with Crippen molar-refractivity contribution in [1.29, 1.82) is 10.7 Å². The second-order valence-electron chi connectivity index (χ2n) is 5.24. The van der Waals surface area contributed by atoms with Crippen molar-refractivity contribution in [1.82, 2.24) is 5.32 Å². The van der Waals surface area contributed by atoms with Gasteiger partial charge in [0.05, 0.1) is 18.5 Å². The Morgan fingerprint density at radius 3 is 2.38 bits per heavy atom. The highest BCUT2D eigenvalue weighted by atomic mass is 16.5. The highest BCUT2D eigenvalue weighted by Crippen LogP contribution is 2.17. The van der Waals surface area contributed by atoms with E-state index in [4.69, 9.17) is 15.4 Å². The van der Waals surface area contributed by atoms with Crippen LogP contribution in [0.2, 0.25) is 0 Å². The molecule has 0 aromatic heterocycles. The molecule has 0 saturated carbocycles. The van der Waals surface area contributed by atoms with Crippen LogP contribution in [-0.2, 0) is 19.1 Å². The topological polar surface area (TPSA) is 120 Å². The van der Waals surface area contributed by atoms with Gasteiger partial charge in [0.25, 0.3) is 0 Å². The molecule has 0 aliphatic heterocycles. The monoisotopic (exact) mass is 329 g/mol. The number of nitriles is 1. The summed E-state index contributed by atoms with van der Waals surface area (Å²) in [6.07, 6.45) is -0.141. The van der Waals surface area contributed by atoms with Gasteiger partial charge in [0, 0.05) is 12.6 Å². The van der Waals surface area contributed by atoms with E-state index in [9.17, 15) is 14.4 Å². The summed E-state index contributed by atoms with van der Waals surface area (Å²) in [5.74, 6) is -2.82. The molecule has 1 rings (SSSR count). The first-order valence-electron chi connectivity index (χ1n) is 7.30. The fraction of sp³-hybridized carbons (Fsp3) is 0.353. The number of hydrogen-bond acceptors (Lipinski definition) is 6. The van der Waals surface area contributed by atoms with Crippen LogP contribution in [0.25, 0.3) is 0 Å². The van der Waals surface area contributed by atoms with E-state index in [1.807, 2.05) is 6.07 Å². The van der Waals surface area contributed by atoms with Crippen LogP contribution in [0, 0.1) is 22.7 Å². The third kappa shape index (κ3) is 6.01. The smallest absolute Gasteiger partial charge is 0.308 e. The molecule has 0 aliphatic carbocycles. The van der Waals surface area contributed by atoms with Crippen molar-refractivity contribution in [2.75, 3.05) is 6.61 Å². The predicted octanol–water partition coefficient (Wildman–Crippen LogP) is 1.55. The van der Waals surface area contributed by atoms with Crippen LogP contribution in [0.4, 0.5) is 0 Å². The number of ether oxygens (including phenoxy) is 1. The number of carbonyl (C=O) groups excluding carboxylic acids is 3. The highest BCUT2D eigenvalue weighted by Gasteiger charge is 2.23. The van der Waals surface area contributed by atoms with E-state index in [0.29, 0.717) is 0 Å². The van der Waals surface area contributed by atoms with Gasteiger partial charge in [0.15, 0.2) is 12.4 Å². The number of esters is 1. The van der Waals surface area contributed by atoms with E-state index in [2.05, 4.69) is 5.32 Å². The number of nitrogens with one attached hydrogen (secondary N) is 2. The summed E-state index contributed by atoms with van der Waals surface area (Å²) >= 11 is 0. The van der Waals surface area contributed by atoms with Crippen LogP contribution in [0.1, 0.15) is 31.9 Å². The number of nitrogens with zero attached hydrogens (tertiary/aromatic N) is 1. The molecule has 2 N–H and O–H groups in total. The van der Waals surface area contributed by atoms with Gasteiger partial charge in [0.2, 0.25) is 5.91 Å². The van der Waals surface area contributed by atoms with Gasteiger partial charge in [0.1, 0.15) is 5.92 Å². The van der Waals surface area contributed by atoms with Gasteiger partial charge in [-0.3, -0.25) is 14.4 Å². The third-order valence-electron chi connectivity index (χ3n) is 3.21. The largest absolute Gasteiger partial charge is 0.458 e. The summed E-state index contributed by atoms with van der Waals surface area (Å²) in [5, 5.41) is 18.8. The third-order valence-corrected chi connectivity index (χ3v) is 3.21. The van der Waals surface area contributed by atoms with Crippen LogP contribution in [0.3, 0.4) is 0 Å². The lowest BCUT2D eigenvalue weighted by Gasteiger charge is -2.17. The molecule has 0 saturated heterocycles. The van der Waals surface area contributed by atoms with E-state index in [1.54, 1.807) is 30.3 Å². The lowest BCUT2D eigenvalue weighted by Crippen LogP contribution is -2.30. The Labute approximate surface area is 140 Å². The molecule has 0 spiro atoms. The summed E-state index contributed by atoms with van der Waals surface area (Å²) < 4.78 is 4.88. The number of rotatable bonds is 8. The van der Waals surface area contributed by atoms with Crippen molar-refractivity contribution >= 4 is 23.4 Å². The van der Waals surface area contributed by atoms with Crippen LogP contribution in [-0.4, -0.2) is 30.0 Å². The first-order valence-corrected chi connectivity index (χ1v) is 7.30. The number of ketones is 1. The van der Waals surface area contributed by atoms with E-state index < -0.39 is 30.3 Å². The van der Waals surface area contributed by atoms with Gasteiger partial charge in [-0.25, -0.2) is 0 Å². The molecule has 2 atom stereocenters. The second-order valence-corrected chi connectivity index (χ2v) is 5.24. The van der Waals surface area contributed by atoms with Gasteiger partial charge in [-0.15, -0.1) is 0 Å². The predicted molar refractivity (Wildman–Crippen MR) is 86.1 cm³/mol. The van der Waals surface area contributed by atoms with Crippen molar-refractivity contribution in [2.45, 2.75) is 26.3 Å². The van der Waals surface area contributed by atoms with Gasteiger partial charge < -0.3 is 15.5 Å². The van der Waals surface area contributed by atoms with Crippen molar-refractivity contribution in [3.05, 3.63) is 35.9 Å². The Balaban J connectivity index is 2.66. The molecule has 7 heteroatoms. The van der Waals surface area contributed by atoms with E-state index in [-0.39, 0.29) is 18.0 Å². The Kier molecular flexibility index (Phi) is 7.30. The maximum absolute atomic E-state index is 11.9. The lowest BCUT2D eigenvalue weighted by atomic mass is 10.0. The zero-order valence-electron chi connectivity index (χ0n) is 13.5. The maximum Gasteiger partial charge on any atom is 0.308 e. The summed E-state index contributed by atoms with van der Waals surface area (Å²) in [6.45, 7) is 2.11. The Bertz CT molecular complexity index is 664. The minimum atomic E-state index is -1.21. The summed E-state index contributed by atoms with van der Waals surface area (Å²) in [4.78, 5) is 35.0. The number of amides is 1. The summed E-state index contributed by atoms with van der Waals surface area (Å²) in [7, 11) is 0. The molecule has 1 aromatic rings. The fourth-order valence-electron chi connectivity index (χ4n) is 2.05. The Morgan fingerprint density at radius 2 is 1.88 bits per heavy atom. The molecule has 1 amide bonds. The lowest BCUT2D eigenvalue weighted by molar-refractivity contribution is -0.148. The zero-order valence-corrected chi connectivity index (χ0v) is 13.5. The maximum atomic E-state index is 11.9. The second kappa shape index (κ2) is 9.20. The zero-order chi connectivity index (χ0) is 18.1. The van der Waals surface area contributed by atoms with Crippen LogP contribution in [0.5, 0.6) is 0 Å². The molecular weight excluding hydrogens is 310 g/mol. The number of hydrogen-bond donors (Lipinski definition) is 2. The first-order chi connectivity index (χ1) is 11.3. The minimum absolute atomic E-state index is 0.0982. The summed E-state index contributed by atoms with van der Waals surface area (Å²) in [5.41, 5.74) is 0.639. The van der Waals surface area contributed by atoms with Crippen LogP contribution in [0.15, 0.2) is 30.3 Å². The molecule has 1 aromatic carbocycles. The van der Waals surface area contributed by atoms with Gasteiger partial charge in [-0.05, 0) is 12.5 Å². The average molecular weight is 329 g/mol. The van der Waals surface area contributed by atoms with Gasteiger partial charge in [-0.1, -0.05) is 30.3 Å². The molecule has 0 aliphatic rings. The fourth-order valence-corrected chi connectivity index (χ4v) is 2.05. The molecule has 0 fully saturated rings. The van der Waals surface area contributed by atoms with Crippen LogP contribution < -0.4 is 5.32 Å². The first kappa shape index (κ1) is 19.0. The molecule has 0 heterocycles. The normalized spacial score (nSPS) is 12.4. The van der Waals surface area contributed by atoms with Gasteiger partial charge in [-0.2, -0.15) is 5.26 Å². The Hall–Kier alpha value is -3.01. The standard InChI is InChI=1S/C17H19N3O4/c1-11(19)14(9-18)16(22)10-24-17(23)8-15(20-12(2)21)13-6-4-3-5-7-13/h3-7,14-15,19H,8,10H2,1-2H3,(H,20,21)/t14?,15-/m1/s1. The average Bonchev–Trinajstić information content (AvgIpc) is 2.53. The van der Waals surface area contributed by atoms with Crippen molar-refractivity contribution < 1.29 is 19.1 Å². The molecule has 1 unspecified atom stereocenters. The molecule has 24 heavy (non-hydrogen) atoms. The number of carbonyl (C=O) groups is 3. The molecule has 0 radical (unpaired) electrons. The molecule has 7 nitrogen and oxygen atoms in total.